The fourth-order valence-electron chi connectivity index (χ4n) is 1.35. The third-order valence-electron chi connectivity index (χ3n) is 1.99. The van der Waals surface area contributed by atoms with Gasteiger partial charge in [-0.3, -0.25) is 0 Å². The Bertz CT molecular complexity index is 102. The quantitative estimate of drug-likeness (QED) is 0.677. The average molecular weight is 162 g/mol. The summed E-state index contributed by atoms with van der Waals surface area (Å²) in [6.07, 6.45) is 2.47. The summed E-state index contributed by atoms with van der Waals surface area (Å²) in [6.45, 7) is 0.378. The first kappa shape index (κ1) is 8.94. The molecule has 0 aromatic carbocycles. The minimum atomic E-state index is -1.10. The number of rotatable bonds is 3. The van der Waals surface area contributed by atoms with Gasteiger partial charge in [-0.25, -0.2) is 4.39 Å². The van der Waals surface area contributed by atoms with Crippen LogP contribution in [0.1, 0.15) is 25.7 Å². The Hall–Kier alpha value is -0.150. The van der Waals surface area contributed by atoms with Gasteiger partial charge in [0.15, 0.2) is 0 Å². The second kappa shape index (κ2) is 4.67. The van der Waals surface area contributed by atoms with Crippen molar-refractivity contribution in [1.29, 1.82) is 0 Å². The molecule has 0 saturated carbocycles. The van der Waals surface area contributed by atoms with Crippen molar-refractivity contribution in [3.05, 3.63) is 0 Å². The lowest BCUT2D eigenvalue weighted by Crippen LogP contribution is -2.24. The van der Waals surface area contributed by atoms with E-state index < -0.39 is 6.17 Å². The number of aliphatic hydroxyl groups excluding tert-OH is 1. The first-order valence-electron chi connectivity index (χ1n) is 4.19. The van der Waals surface area contributed by atoms with Gasteiger partial charge in [0.2, 0.25) is 0 Å². The molecule has 0 radical (unpaired) electrons. The number of hydrogen-bond donors (Lipinski definition) is 1. The summed E-state index contributed by atoms with van der Waals surface area (Å²) in [7, 11) is 0. The van der Waals surface area contributed by atoms with Crippen molar-refractivity contribution in [2.75, 3.05) is 13.2 Å². The van der Waals surface area contributed by atoms with Gasteiger partial charge in [-0.15, -0.1) is 0 Å². The molecule has 66 valence electrons. The zero-order valence-electron chi connectivity index (χ0n) is 6.63. The number of hydrogen-bond acceptors (Lipinski definition) is 2. The molecule has 1 fully saturated rings. The topological polar surface area (TPSA) is 29.5 Å². The van der Waals surface area contributed by atoms with E-state index in [0.29, 0.717) is 6.42 Å². The fourth-order valence-corrected chi connectivity index (χ4v) is 1.35. The molecule has 0 amide bonds. The second-order valence-corrected chi connectivity index (χ2v) is 3.00. The molecule has 11 heavy (non-hydrogen) atoms. The molecular weight excluding hydrogens is 147 g/mol. The number of halogens is 1. The highest BCUT2D eigenvalue weighted by Gasteiger charge is 2.18. The van der Waals surface area contributed by atoms with Crippen LogP contribution in [0.4, 0.5) is 4.39 Å². The van der Waals surface area contributed by atoms with Gasteiger partial charge in [0.1, 0.15) is 6.17 Å². The Labute approximate surface area is 66.4 Å². The normalized spacial score (nSPS) is 28.4. The Morgan fingerprint density at radius 3 is 2.91 bits per heavy atom. The van der Waals surface area contributed by atoms with E-state index >= 15 is 0 Å². The minimum absolute atomic E-state index is 0.0471. The standard InChI is InChI=1S/C8H15FO2/c9-7(6-10)5-8-3-1-2-4-11-8/h7-8,10H,1-6H2/t7-,8-/m0/s1. The number of aliphatic hydroxyl groups is 1. The molecule has 0 aromatic heterocycles. The molecule has 1 aliphatic rings. The van der Waals surface area contributed by atoms with E-state index in [2.05, 4.69) is 0 Å². The van der Waals surface area contributed by atoms with Gasteiger partial charge in [0, 0.05) is 13.0 Å². The molecule has 3 heteroatoms. The van der Waals surface area contributed by atoms with E-state index in [1.54, 1.807) is 0 Å². The highest BCUT2D eigenvalue weighted by Crippen LogP contribution is 2.17. The molecule has 0 unspecified atom stereocenters. The minimum Gasteiger partial charge on any atom is -0.393 e. The molecule has 0 aromatic rings. The van der Waals surface area contributed by atoms with Crippen LogP contribution in [0.25, 0.3) is 0 Å². The zero-order valence-corrected chi connectivity index (χ0v) is 6.63. The van der Waals surface area contributed by atoms with Gasteiger partial charge in [0.05, 0.1) is 12.7 Å². The van der Waals surface area contributed by atoms with Crippen molar-refractivity contribution in [1.82, 2.24) is 0 Å². The van der Waals surface area contributed by atoms with E-state index in [9.17, 15) is 4.39 Å². The SMILES string of the molecule is OC[C@@H](F)C[C@@H]1CCCCO1. The summed E-state index contributed by atoms with van der Waals surface area (Å²) in [4.78, 5) is 0. The van der Waals surface area contributed by atoms with Crippen LogP contribution < -0.4 is 0 Å². The van der Waals surface area contributed by atoms with E-state index in [1.807, 2.05) is 0 Å². The summed E-state index contributed by atoms with van der Waals surface area (Å²) in [5, 5.41) is 8.43. The molecule has 1 rings (SSSR count). The van der Waals surface area contributed by atoms with E-state index in [1.165, 1.54) is 0 Å². The molecule has 2 nitrogen and oxygen atoms in total. The van der Waals surface area contributed by atoms with Crippen molar-refractivity contribution >= 4 is 0 Å². The third-order valence-corrected chi connectivity index (χ3v) is 1.99. The van der Waals surface area contributed by atoms with Crippen LogP contribution in [-0.4, -0.2) is 30.6 Å². The summed E-state index contributed by atoms with van der Waals surface area (Å²) >= 11 is 0. The maximum absolute atomic E-state index is 12.6. The largest absolute Gasteiger partial charge is 0.393 e. The summed E-state index contributed by atoms with van der Waals surface area (Å²) in [5.41, 5.74) is 0. The lowest BCUT2D eigenvalue weighted by atomic mass is 10.0. The Morgan fingerprint density at radius 1 is 1.55 bits per heavy atom. The van der Waals surface area contributed by atoms with Gasteiger partial charge in [0.25, 0.3) is 0 Å². The van der Waals surface area contributed by atoms with Crippen LogP contribution in [0.15, 0.2) is 0 Å². The van der Waals surface area contributed by atoms with Gasteiger partial charge in [-0.2, -0.15) is 0 Å². The number of ether oxygens (including phenoxy) is 1. The Morgan fingerprint density at radius 2 is 2.36 bits per heavy atom. The molecule has 1 N–H and O–H groups in total. The van der Waals surface area contributed by atoms with Crippen LogP contribution in [0.5, 0.6) is 0 Å². The first-order chi connectivity index (χ1) is 5.33. The zero-order chi connectivity index (χ0) is 8.10. The van der Waals surface area contributed by atoms with Gasteiger partial charge in [-0.05, 0) is 19.3 Å². The van der Waals surface area contributed by atoms with Crippen molar-refractivity contribution in [3.63, 3.8) is 0 Å². The molecule has 0 aliphatic carbocycles. The molecule has 0 bridgehead atoms. The van der Waals surface area contributed by atoms with Crippen molar-refractivity contribution in [2.24, 2.45) is 0 Å². The lowest BCUT2D eigenvalue weighted by Gasteiger charge is -2.23. The molecule has 1 aliphatic heterocycles. The molecular formula is C8H15FO2. The van der Waals surface area contributed by atoms with E-state index in [0.717, 1.165) is 25.9 Å². The maximum atomic E-state index is 12.6. The van der Waals surface area contributed by atoms with Crippen LogP contribution in [0.2, 0.25) is 0 Å². The monoisotopic (exact) mass is 162 g/mol. The Balaban J connectivity index is 2.13. The predicted octanol–water partition coefficient (Wildman–Crippen LogP) is 1.28. The summed E-state index contributed by atoms with van der Waals surface area (Å²) in [5.74, 6) is 0. The van der Waals surface area contributed by atoms with Crippen LogP contribution in [0, 0.1) is 0 Å². The fraction of sp³-hybridized carbons (Fsp3) is 1.00. The first-order valence-corrected chi connectivity index (χ1v) is 4.19. The van der Waals surface area contributed by atoms with Crippen molar-refractivity contribution in [3.8, 4) is 0 Å². The smallest absolute Gasteiger partial charge is 0.126 e. The van der Waals surface area contributed by atoms with Gasteiger partial charge in [-0.1, -0.05) is 0 Å². The van der Waals surface area contributed by atoms with Gasteiger partial charge < -0.3 is 9.84 Å². The lowest BCUT2D eigenvalue weighted by molar-refractivity contribution is -0.00889. The highest BCUT2D eigenvalue weighted by atomic mass is 19.1. The van der Waals surface area contributed by atoms with Crippen molar-refractivity contribution < 1.29 is 14.2 Å². The van der Waals surface area contributed by atoms with Crippen LogP contribution >= 0.6 is 0 Å². The van der Waals surface area contributed by atoms with E-state index in [4.69, 9.17) is 9.84 Å². The average Bonchev–Trinajstić information content (AvgIpc) is 2.06. The summed E-state index contributed by atoms with van der Waals surface area (Å²) < 4.78 is 17.9. The Kier molecular flexibility index (Phi) is 3.80. The molecule has 1 saturated heterocycles. The molecule has 0 spiro atoms. The van der Waals surface area contributed by atoms with Crippen molar-refractivity contribution in [2.45, 2.75) is 38.0 Å². The van der Waals surface area contributed by atoms with Crippen LogP contribution in [-0.2, 0) is 4.74 Å². The van der Waals surface area contributed by atoms with E-state index in [-0.39, 0.29) is 12.7 Å². The maximum Gasteiger partial charge on any atom is 0.126 e. The number of alkyl halides is 1. The van der Waals surface area contributed by atoms with Crippen LogP contribution in [0.3, 0.4) is 0 Å². The highest BCUT2D eigenvalue weighted by molar-refractivity contribution is 4.67. The van der Waals surface area contributed by atoms with Gasteiger partial charge >= 0.3 is 0 Å². The molecule has 1 heterocycles. The third kappa shape index (κ3) is 3.16. The molecule has 2 atom stereocenters. The second-order valence-electron chi connectivity index (χ2n) is 3.00. The predicted molar refractivity (Wildman–Crippen MR) is 40.2 cm³/mol. The summed E-state index contributed by atoms with van der Waals surface area (Å²) in [6, 6.07) is 0.